The molecule has 5 rings (SSSR count). The lowest BCUT2D eigenvalue weighted by atomic mass is 10.0. The molecule has 2 N–H and O–H groups in total. The molecule has 1 heterocycles. The van der Waals surface area contributed by atoms with E-state index in [1.165, 1.54) is 53.6 Å². The van der Waals surface area contributed by atoms with Crippen LogP contribution < -0.4 is 23.7 Å². The van der Waals surface area contributed by atoms with Crippen LogP contribution in [0.4, 0.5) is 15.8 Å². The molecule has 0 atom stereocenters. The number of halogens is 1. The summed E-state index contributed by atoms with van der Waals surface area (Å²) in [7, 11) is -8.11. The molecular formula is C28H24FN3O9S2. The number of pyridine rings is 1. The molecule has 4 aromatic rings. The van der Waals surface area contributed by atoms with E-state index in [1.54, 1.807) is 24.3 Å². The number of rotatable bonds is 10. The van der Waals surface area contributed by atoms with E-state index < -0.39 is 49.0 Å². The van der Waals surface area contributed by atoms with Crippen LogP contribution in [0, 0.1) is 11.2 Å². The van der Waals surface area contributed by atoms with Gasteiger partial charge in [0.15, 0.2) is 11.5 Å². The number of hydrogen-bond acceptors (Lipinski definition) is 10. The van der Waals surface area contributed by atoms with Crippen molar-refractivity contribution in [2.24, 2.45) is 11.1 Å². The number of carbonyl (C=O) groups excluding carboxylic acids is 2. The van der Waals surface area contributed by atoms with Crippen molar-refractivity contribution in [2.75, 3.05) is 17.4 Å². The van der Waals surface area contributed by atoms with Gasteiger partial charge in [-0.1, -0.05) is 0 Å². The third kappa shape index (κ3) is 6.52. The molecule has 2 amide bonds. The molecule has 0 bridgehead atoms. The topological polar surface area (TPSA) is 172 Å². The Morgan fingerprint density at radius 2 is 1.37 bits per heavy atom. The fourth-order valence-corrected chi connectivity index (χ4v) is 5.26. The van der Waals surface area contributed by atoms with Crippen LogP contribution in [-0.4, -0.2) is 46.1 Å². The maximum absolute atomic E-state index is 13.6. The Morgan fingerprint density at radius 3 is 1.88 bits per heavy atom. The Bertz CT molecular complexity index is 1960. The molecule has 0 saturated heterocycles. The van der Waals surface area contributed by atoms with E-state index in [2.05, 4.69) is 4.98 Å². The highest BCUT2D eigenvalue weighted by atomic mass is 32.2. The summed E-state index contributed by atoms with van der Waals surface area (Å²) in [4.78, 5) is 31.1. The Morgan fingerprint density at radius 1 is 0.837 bits per heavy atom. The summed E-state index contributed by atoms with van der Waals surface area (Å²) in [6.07, 6.45) is 3.58. The predicted octanol–water partition coefficient (Wildman–Crippen LogP) is 3.77. The van der Waals surface area contributed by atoms with Crippen molar-refractivity contribution >= 4 is 54.3 Å². The second kappa shape index (κ2) is 10.8. The number of nitrogens with two attached hydrogens (primary N) is 1. The van der Waals surface area contributed by atoms with E-state index >= 15 is 0 Å². The zero-order valence-corrected chi connectivity index (χ0v) is 24.3. The molecule has 0 radical (unpaired) electrons. The van der Waals surface area contributed by atoms with Gasteiger partial charge in [0.05, 0.1) is 18.0 Å². The second-order valence-electron chi connectivity index (χ2n) is 9.86. The maximum Gasteiger partial charge on any atom is 0.306 e. The van der Waals surface area contributed by atoms with Crippen LogP contribution in [0.3, 0.4) is 0 Å². The van der Waals surface area contributed by atoms with Gasteiger partial charge in [-0.05, 0) is 73.5 Å². The van der Waals surface area contributed by atoms with Crippen LogP contribution in [0.5, 0.6) is 23.0 Å². The van der Waals surface area contributed by atoms with Crippen molar-refractivity contribution in [3.8, 4) is 23.0 Å². The van der Waals surface area contributed by atoms with Gasteiger partial charge in [0.1, 0.15) is 22.7 Å². The van der Waals surface area contributed by atoms with Crippen LogP contribution in [0.25, 0.3) is 10.9 Å². The van der Waals surface area contributed by atoms with Gasteiger partial charge >= 0.3 is 20.2 Å². The molecule has 15 heteroatoms. The molecule has 1 aromatic heterocycles. The van der Waals surface area contributed by atoms with Gasteiger partial charge in [-0.25, -0.2) is 4.39 Å². The number of hydrogen-bond donors (Lipinski definition) is 1. The quantitative estimate of drug-likeness (QED) is 0.201. The van der Waals surface area contributed by atoms with Gasteiger partial charge in [0.2, 0.25) is 11.8 Å². The molecule has 12 nitrogen and oxygen atoms in total. The van der Waals surface area contributed by atoms with Crippen molar-refractivity contribution < 1.29 is 43.9 Å². The van der Waals surface area contributed by atoms with Crippen molar-refractivity contribution in [2.45, 2.75) is 12.8 Å². The summed E-state index contributed by atoms with van der Waals surface area (Å²) >= 11 is 0. The molecular weight excluding hydrogens is 605 g/mol. The molecule has 0 aliphatic heterocycles. The van der Waals surface area contributed by atoms with E-state index in [0.717, 1.165) is 12.5 Å². The van der Waals surface area contributed by atoms with Crippen molar-refractivity contribution in [1.82, 2.24) is 4.98 Å². The number of anilines is 2. The number of fused-ring (bicyclic) bond motifs is 1. The molecule has 1 fully saturated rings. The first-order valence-electron chi connectivity index (χ1n) is 12.5. The zero-order valence-electron chi connectivity index (χ0n) is 22.7. The lowest BCUT2D eigenvalue weighted by molar-refractivity contribution is -0.133. The molecule has 1 aliphatic carbocycles. The van der Waals surface area contributed by atoms with Crippen molar-refractivity contribution in [3.05, 3.63) is 78.7 Å². The monoisotopic (exact) mass is 629 g/mol. The minimum atomic E-state index is -4.07. The zero-order chi connectivity index (χ0) is 31.2. The lowest BCUT2D eigenvalue weighted by Gasteiger charge is -2.26. The molecule has 3 aromatic carbocycles. The number of benzene rings is 3. The van der Waals surface area contributed by atoms with Gasteiger partial charge in [-0.2, -0.15) is 16.8 Å². The third-order valence-electron chi connectivity index (χ3n) is 6.49. The van der Waals surface area contributed by atoms with Gasteiger partial charge in [0.25, 0.3) is 0 Å². The Hall–Kier alpha value is -4.76. The van der Waals surface area contributed by atoms with Gasteiger partial charge < -0.3 is 18.8 Å². The number of amides is 2. The Labute approximate surface area is 246 Å². The fourth-order valence-electron chi connectivity index (χ4n) is 4.34. The maximum atomic E-state index is 13.6. The van der Waals surface area contributed by atoms with E-state index in [0.29, 0.717) is 30.0 Å². The minimum Gasteiger partial charge on any atom is -0.457 e. The van der Waals surface area contributed by atoms with Gasteiger partial charge in [-0.15, -0.1) is 0 Å². The predicted molar refractivity (Wildman–Crippen MR) is 154 cm³/mol. The first-order valence-corrected chi connectivity index (χ1v) is 16.2. The molecule has 224 valence electrons. The first kappa shape index (κ1) is 29.7. The van der Waals surface area contributed by atoms with Crippen LogP contribution >= 0.6 is 0 Å². The largest absolute Gasteiger partial charge is 0.457 e. The van der Waals surface area contributed by atoms with Crippen LogP contribution in [0.15, 0.2) is 72.9 Å². The minimum absolute atomic E-state index is 0.208. The lowest BCUT2D eigenvalue weighted by Crippen LogP contribution is -2.41. The number of aromatic nitrogens is 1. The molecule has 1 saturated carbocycles. The van der Waals surface area contributed by atoms with Crippen molar-refractivity contribution in [3.63, 3.8) is 0 Å². The van der Waals surface area contributed by atoms with E-state index in [1.807, 2.05) is 0 Å². The first-order chi connectivity index (χ1) is 20.1. The summed E-state index contributed by atoms with van der Waals surface area (Å²) in [6.45, 7) is 0. The molecule has 0 spiro atoms. The average Bonchev–Trinajstić information content (AvgIpc) is 3.72. The number of ether oxygens (including phenoxy) is 1. The summed E-state index contributed by atoms with van der Waals surface area (Å²) in [5.74, 6) is -2.06. The number of primary amides is 1. The fraction of sp³-hybridized carbons (Fsp3) is 0.179. The highest BCUT2D eigenvalue weighted by molar-refractivity contribution is 7.86. The molecule has 43 heavy (non-hydrogen) atoms. The summed E-state index contributed by atoms with van der Waals surface area (Å²) in [5.41, 5.74) is 5.10. The molecule has 0 unspecified atom stereocenters. The highest BCUT2D eigenvalue weighted by Gasteiger charge is 2.57. The molecule has 1 aliphatic rings. The highest BCUT2D eigenvalue weighted by Crippen LogP contribution is 2.49. The summed E-state index contributed by atoms with van der Waals surface area (Å²) < 4.78 is 76.7. The standard InChI is InChI=1S/C28H24FN3O9S2/c1-42(35,36)40-24-15-21-22(16-25(24)41-43(2,37)38)31-14-11-23(21)39-20-9-7-19(8-10-20)32(18-5-3-17(29)4-6-18)27(34)28(12-13-28)26(30)33/h3-11,14-16H,12-13H2,1-2H3,(H2,30,33). The van der Waals surface area contributed by atoms with Gasteiger partial charge in [0, 0.05) is 29.0 Å². The second-order valence-corrected chi connectivity index (χ2v) is 13.0. The number of carbonyl (C=O) groups is 2. The number of nitrogens with zero attached hydrogens (tertiary/aromatic N) is 2. The average molecular weight is 630 g/mol. The van der Waals surface area contributed by atoms with Crippen molar-refractivity contribution in [1.29, 1.82) is 0 Å². The smallest absolute Gasteiger partial charge is 0.306 e. The van der Waals surface area contributed by atoms with Crippen LogP contribution in [-0.2, 0) is 29.8 Å². The summed E-state index contributed by atoms with van der Waals surface area (Å²) in [5, 5.41) is 0.270. The van der Waals surface area contributed by atoms with Gasteiger partial charge in [-0.3, -0.25) is 19.5 Å². The summed E-state index contributed by atoms with van der Waals surface area (Å²) in [6, 6.07) is 15.3. The third-order valence-corrected chi connectivity index (χ3v) is 7.46. The van der Waals surface area contributed by atoms with Crippen LogP contribution in [0.2, 0.25) is 0 Å². The van der Waals surface area contributed by atoms with E-state index in [-0.39, 0.29) is 22.4 Å². The van der Waals surface area contributed by atoms with E-state index in [9.17, 15) is 30.8 Å². The Balaban J connectivity index is 1.50. The van der Waals surface area contributed by atoms with Crippen LogP contribution in [0.1, 0.15) is 12.8 Å². The van der Waals surface area contributed by atoms with E-state index in [4.69, 9.17) is 18.8 Å². The normalized spacial score (nSPS) is 14.1. The Kier molecular flexibility index (Phi) is 7.48. The SMILES string of the molecule is CS(=O)(=O)Oc1cc2nccc(Oc3ccc(N(C(=O)C4(C(N)=O)CC4)c4ccc(F)cc4)cc3)c2cc1OS(C)(=O)=O.